The number of hydrogen-bond acceptors (Lipinski definition) is 5. The van der Waals surface area contributed by atoms with Crippen molar-refractivity contribution in [2.75, 3.05) is 18.5 Å². The van der Waals surface area contributed by atoms with Gasteiger partial charge >= 0.3 is 0 Å². The molecule has 1 aliphatic rings. The van der Waals surface area contributed by atoms with Crippen LogP contribution in [0.3, 0.4) is 0 Å². The minimum Gasteiger partial charge on any atom is -0.386 e. The van der Waals surface area contributed by atoms with E-state index in [1.165, 1.54) is 0 Å². The Hall–Kier alpha value is -2.25. The largest absolute Gasteiger partial charge is 0.386 e. The van der Waals surface area contributed by atoms with Gasteiger partial charge in [-0.15, -0.1) is 0 Å². The van der Waals surface area contributed by atoms with Gasteiger partial charge in [0.2, 0.25) is 0 Å². The van der Waals surface area contributed by atoms with Gasteiger partial charge in [0.25, 0.3) is 5.91 Å². The van der Waals surface area contributed by atoms with Crippen LogP contribution >= 0.6 is 15.9 Å². The lowest BCUT2D eigenvalue weighted by atomic mass is 10.0. The van der Waals surface area contributed by atoms with Crippen molar-refractivity contribution in [3.8, 4) is 0 Å². The molecule has 1 aromatic heterocycles. The van der Waals surface area contributed by atoms with Gasteiger partial charge < -0.3 is 15.8 Å². The van der Waals surface area contributed by atoms with Crippen molar-refractivity contribution in [3.05, 3.63) is 57.8 Å². The van der Waals surface area contributed by atoms with Crippen LogP contribution in [0, 0.1) is 6.92 Å². The molecule has 1 unspecified atom stereocenters. The number of ether oxygens (including phenoxy) is 1. The zero-order valence-corrected chi connectivity index (χ0v) is 16.1. The molecule has 3 rings (SSSR count). The van der Waals surface area contributed by atoms with Crippen molar-refractivity contribution >= 4 is 33.4 Å². The maximum Gasteiger partial charge on any atom is 0.274 e. The number of amidine groups is 1. The van der Waals surface area contributed by atoms with Crippen molar-refractivity contribution in [2.45, 2.75) is 25.8 Å². The van der Waals surface area contributed by atoms with Crippen molar-refractivity contribution in [3.63, 3.8) is 0 Å². The number of halogens is 1. The lowest BCUT2D eigenvalue weighted by molar-refractivity contribution is 0.102. The topological polar surface area (TPSA) is 89.6 Å². The zero-order valence-electron chi connectivity index (χ0n) is 14.5. The van der Waals surface area contributed by atoms with Crippen molar-refractivity contribution in [1.29, 1.82) is 0 Å². The van der Waals surface area contributed by atoms with Crippen LogP contribution in [0.5, 0.6) is 0 Å². The molecule has 0 radical (unpaired) electrons. The van der Waals surface area contributed by atoms with E-state index in [1.807, 2.05) is 37.3 Å². The summed E-state index contributed by atoms with van der Waals surface area (Å²) in [4.78, 5) is 21.3. The fourth-order valence-corrected chi connectivity index (χ4v) is 3.34. The third kappa shape index (κ3) is 4.68. The number of nitrogens with zero attached hydrogens (tertiary/aromatic N) is 2. The van der Waals surface area contributed by atoms with Gasteiger partial charge in [-0.3, -0.25) is 9.79 Å². The van der Waals surface area contributed by atoms with Crippen LogP contribution < -0.4 is 11.1 Å². The summed E-state index contributed by atoms with van der Waals surface area (Å²) in [6.07, 6.45) is 3.39. The fraction of sp³-hybridized carbons (Fsp3) is 0.316. The van der Waals surface area contributed by atoms with E-state index >= 15 is 0 Å². The highest BCUT2D eigenvalue weighted by atomic mass is 79.9. The van der Waals surface area contributed by atoms with Gasteiger partial charge in [0.15, 0.2) is 0 Å². The molecule has 0 spiro atoms. The van der Waals surface area contributed by atoms with Crippen molar-refractivity contribution < 1.29 is 9.53 Å². The SMILES string of the molecule is Cc1cc(Br)cnc1C(=O)Nc1cccc(C2CCCOCC(N)=N2)c1. The Kier molecular flexibility index (Phi) is 6.00. The van der Waals surface area contributed by atoms with Gasteiger partial charge in [-0.1, -0.05) is 12.1 Å². The van der Waals surface area contributed by atoms with Crippen LogP contribution in [0.4, 0.5) is 5.69 Å². The molecule has 3 N–H and O–H groups in total. The minimum atomic E-state index is -0.235. The number of aryl methyl sites for hydroxylation is 1. The second-order valence-electron chi connectivity index (χ2n) is 6.23. The number of rotatable bonds is 3. The van der Waals surface area contributed by atoms with E-state index < -0.39 is 0 Å². The van der Waals surface area contributed by atoms with Crippen LogP contribution in [0.1, 0.15) is 40.5 Å². The average molecular weight is 417 g/mol. The summed E-state index contributed by atoms with van der Waals surface area (Å²) < 4.78 is 6.24. The third-order valence-electron chi connectivity index (χ3n) is 4.13. The third-order valence-corrected chi connectivity index (χ3v) is 4.56. The lowest BCUT2D eigenvalue weighted by Crippen LogP contribution is -2.23. The van der Waals surface area contributed by atoms with Gasteiger partial charge in [0.1, 0.15) is 18.1 Å². The van der Waals surface area contributed by atoms with E-state index in [1.54, 1.807) is 6.20 Å². The highest BCUT2D eigenvalue weighted by Gasteiger charge is 2.16. The number of hydrogen-bond donors (Lipinski definition) is 2. The fourth-order valence-electron chi connectivity index (χ4n) is 2.89. The Morgan fingerprint density at radius 1 is 1.38 bits per heavy atom. The number of amides is 1. The first-order valence-electron chi connectivity index (χ1n) is 8.46. The van der Waals surface area contributed by atoms with Crippen LogP contribution in [0.2, 0.25) is 0 Å². The number of anilines is 1. The maximum atomic E-state index is 12.5. The molecule has 2 aromatic rings. The number of aromatic nitrogens is 1. The summed E-state index contributed by atoms with van der Waals surface area (Å²) in [6, 6.07) is 9.55. The molecule has 2 heterocycles. The first kappa shape index (κ1) is 18.5. The molecule has 1 aromatic carbocycles. The standard InChI is InChI=1S/C19H21BrN4O2/c1-12-8-14(20)10-22-18(12)19(25)23-15-5-2-4-13(9-15)16-6-3-7-26-11-17(21)24-16/h2,4-5,8-10,16H,3,6-7,11H2,1H3,(H2,21,24)(H,23,25). The number of carbonyl (C=O) groups is 1. The van der Waals surface area contributed by atoms with Crippen LogP contribution in [0.15, 0.2) is 46.0 Å². The summed E-state index contributed by atoms with van der Waals surface area (Å²) in [7, 11) is 0. The van der Waals surface area contributed by atoms with Crippen LogP contribution in [-0.2, 0) is 4.74 Å². The Morgan fingerprint density at radius 3 is 3.04 bits per heavy atom. The molecule has 0 bridgehead atoms. The molecule has 1 aliphatic heterocycles. The molecule has 6 nitrogen and oxygen atoms in total. The van der Waals surface area contributed by atoms with E-state index in [0.29, 0.717) is 30.4 Å². The Labute approximate surface area is 161 Å². The molecule has 7 heteroatoms. The molecule has 0 fully saturated rings. The zero-order chi connectivity index (χ0) is 18.5. The number of nitrogens with one attached hydrogen (secondary N) is 1. The molecule has 1 amide bonds. The molecular formula is C19H21BrN4O2. The van der Waals surface area contributed by atoms with E-state index in [9.17, 15) is 4.79 Å². The summed E-state index contributed by atoms with van der Waals surface area (Å²) in [5.41, 5.74) is 8.85. The first-order chi connectivity index (χ1) is 12.5. The average Bonchev–Trinajstić information content (AvgIpc) is 2.58. The van der Waals surface area contributed by atoms with E-state index in [0.717, 1.165) is 28.4 Å². The van der Waals surface area contributed by atoms with E-state index in [-0.39, 0.29) is 11.9 Å². The second-order valence-corrected chi connectivity index (χ2v) is 7.15. The molecule has 0 saturated heterocycles. The number of pyridine rings is 1. The summed E-state index contributed by atoms with van der Waals surface area (Å²) in [5.74, 6) is 0.264. The summed E-state index contributed by atoms with van der Waals surface area (Å²) in [6.45, 7) is 2.90. The van der Waals surface area contributed by atoms with Crippen molar-refractivity contribution in [2.24, 2.45) is 10.7 Å². The number of benzene rings is 1. The van der Waals surface area contributed by atoms with Crippen LogP contribution in [0.25, 0.3) is 0 Å². The Morgan fingerprint density at radius 2 is 2.23 bits per heavy atom. The minimum absolute atomic E-state index is 0.0247. The summed E-state index contributed by atoms with van der Waals surface area (Å²) in [5, 5.41) is 2.92. The van der Waals surface area contributed by atoms with Gasteiger partial charge in [-0.2, -0.15) is 0 Å². The molecule has 0 aliphatic carbocycles. The summed E-state index contributed by atoms with van der Waals surface area (Å²) >= 11 is 3.36. The number of aliphatic imine (C=N–C) groups is 1. The smallest absolute Gasteiger partial charge is 0.274 e. The van der Waals surface area contributed by atoms with Crippen molar-refractivity contribution in [1.82, 2.24) is 4.98 Å². The number of carbonyl (C=O) groups excluding carboxylic acids is 1. The monoisotopic (exact) mass is 416 g/mol. The Bertz CT molecular complexity index is 838. The quantitative estimate of drug-likeness (QED) is 0.799. The van der Waals surface area contributed by atoms with E-state index in [4.69, 9.17) is 10.5 Å². The second kappa shape index (κ2) is 8.42. The van der Waals surface area contributed by atoms with Gasteiger partial charge in [0, 0.05) is 23.0 Å². The lowest BCUT2D eigenvalue weighted by Gasteiger charge is -2.18. The van der Waals surface area contributed by atoms with Crippen LogP contribution in [-0.4, -0.2) is 29.9 Å². The molecule has 0 saturated carbocycles. The Balaban J connectivity index is 1.79. The first-order valence-corrected chi connectivity index (χ1v) is 9.25. The highest BCUT2D eigenvalue weighted by molar-refractivity contribution is 9.10. The van der Waals surface area contributed by atoms with Gasteiger partial charge in [-0.05, 0) is 65.0 Å². The molecule has 26 heavy (non-hydrogen) atoms. The highest BCUT2D eigenvalue weighted by Crippen LogP contribution is 2.26. The number of nitrogens with two attached hydrogens (primary N) is 1. The molecule has 136 valence electrons. The van der Waals surface area contributed by atoms with Gasteiger partial charge in [-0.25, -0.2) is 4.98 Å². The maximum absolute atomic E-state index is 12.5. The van der Waals surface area contributed by atoms with E-state index in [2.05, 4.69) is 31.2 Å². The predicted octanol–water partition coefficient (Wildman–Crippen LogP) is 3.61. The molecule has 1 atom stereocenters. The predicted molar refractivity (Wildman–Crippen MR) is 105 cm³/mol. The normalized spacial score (nSPS) is 17.8. The molecular weight excluding hydrogens is 396 g/mol. The van der Waals surface area contributed by atoms with Gasteiger partial charge in [0.05, 0.1) is 6.04 Å².